The van der Waals surface area contributed by atoms with E-state index < -0.39 is 0 Å². The third-order valence-electron chi connectivity index (χ3n) is 3.83. The molecule has 0 heterocycles. The molecule has 1 unspecified atom stereocenters. The molecule has 1 aliphatic rings. The van der Waals surface area contributed by atoms with Crippen molar-refractivity contribution in [3.63, 3.8) is 0 Å². The Morgan fingerprint density at radius 2 is 1.94 bits per heavy atom. The average Bonchev–Trinajstić information content (AvgIpc) is 2.70. The monoisotopic (exact) mass is 222 g/mol. The molecule has 1 aliphatic carbocycles. The van der Waals surface area contributed by atoms with Gasteiger partial charge in [-0.3, -0.25) is 11.3 Å². The SMILES string of the molecule is CC1(C(NN)c2ccccc2F)CCCC1. The first kappa shape index (κ1) is 11.6. The Bertz CT molecular complexity index is 359. The maximum Gasteiger partial charge on any atom is 0.128 e. The molecule has 3 heteroatoms. The number of nitrogens with one attached hydrogen (secondary N) is 1. The Kier molecular flexibility index (Phi) is 3.26. The van der Waals surface area contributed by atoms with E-state index in [9.17, 15) is 4.39 Å². The molecule has 3 N–H and O–H groups in total. The number of nitrogens with two attached hydrogens (primary N) is 1. The van der Waals surface area contributed by atoms with Crippen LogP contribution in [0.5, 0.6) is 0 Å². The van der Waals surface area contributed by atoms with Crippen molar-refractivity contribution in [2.24, 2.45) is 11.3 Å². The zero-order chi connectivity index (χ0) is 11.6. The van der Waals surface area contributed by atoms with Crippen LogP contribution in [0.3, 0.4) is 0 Å². The Morgan fingerprint density at radius 3 is 2.50 bits per heavy atom. The van der Waals surface area contributed by atoms with E-state index in [0.29, 0.717) is 5.56 Å². The third kappa shape index (κ3) is 1.97. The molecule has 1 aromatic rings. The summed E-state index contributed by atoms with van der Waals surface area (Å²) in [5.41, 5.74) is 3.57. The minimum absolute atomic E-state index is 0.0803. The predicted molar refractivity (Wildman–Crippen MR) is 63.0 cm³/mol. The maximum atomic E-state index is 13.8. The number of rotatable bonds is 3. The number of hydrogen-bond acceptors (Lipinski definition) is 2. The van der Waals surface area contributed by atoms with E-state index in [0.717, 1.165) is 12.8 Å². The van der Waals surface area contributed by atoms with Crippen LogP contribution >= 0.6 is 0 Å². The lowest BCUT2D eigenvalue weighted by Gasteiger charge is -2.34. The van der Waals surface area contributed by atoms with Crippen molar-refractivity contribution in [3.05, 3.63) is 35.6 Å². The fourth-order valence-corrected chi connectivity index (χ4v) is 2.85. The third-order valence-corrected chi connectivity index (χ3v) is 3.83. The lowest BCUT2D eigenvalue weighted by Crippen LogP contribution is -2.39. The molecule has 0 bridgehead atoms. The average molecular weight is 222 g/mol. The minimum Gasteiger partial charge on any atom is -0.271 e. The van der Waals surface area contributed by atoms with Crippen molar-refractivity contribution < 1.29 is 4.39 Å². The van der Waals surface area contributed by atoms with Crippen molar-refractivity contribution >= 4 is 0 Å². The van der Waals surface area contributed by atoms with Crippen molar-refractivity contribution in [2.45, 2.75) is 38.6 Å². The van der Waals surface area contributed by atoms with Gasteiger partial charge in [-0.25, -0.2) is 4.39 Å². The van der Waals surface area contributed by atoms with E-state index in [-0.39, 0.29) is 17.3 Å². The second-order valence-electron chi connectivity index (χ2n) is 4.98. The van der Waals surface area contributed by atoms with Crippen LogP contribution < -0.4 is 11.3 Å². The van der Waals surface area contributed by atoms with Crippen LogP contribution in [0.25, 0.3) is 0 Å². The second kappa shape index (κ2) is 4.52. The molecule has 88 valence electrons. The van der Waals surface area contributed by atoms with E-state index in [4.69, 9.17) is 5.84 Å². The van der Waals surface area contributed by atoms with Gasteiger partial charge in [0.1, 0.15) is 5.82 Å². The highest BCUT2D eigenvalue weighted by atomic mass is 19.1. The fourth-order valence-electron chi connectivity index (χ4n) is 2.85. The van der Waals surface area contributed by atoms with E-state index in [1.54, 1.807) is 6.07 Å². The molecular weight excluding hydrogens is 203 g/mol. The molecule has 0 saturated heterocycles. The van der Waals surface area contributed by atoms with Crippen LogP contribution in [-0.2, 0) is 0 Å². The molecule has 0 aromatic heterocycles. The lowest BCUT2D eigenvalue weighted by molar-refractivity contribution is 0.220. The molecule has 2 nitrogen and oxygen atoms in total. The van der Waals surface area contributed by atoms with E-state index >= 15 is 0 Å². The highest BCUT2D eigenvalue weighted by Gasteiger charge is 2.38. The molecule has 0 radical (unpaired) electrons. The van der Waals surface area contributed by atoms with E-state index in [2.05, 4.69) is 12.3 Å². The summed E-state index contributed by atoms with van der Waals surface area (Å²) in [7, 11) is 0. The van der Waals surface area contributed by atoms with E-state index in [1.165, 1.54) is 18.9 Å². The van der Waals surface area contributed by atoms with Crippen LogP contribution in [0, 0.1) is 11.2 Å². The van der Waals surface area contributed by atoms with Crippen molar-refractivity contribution in [1.29, 1.82) is 0 Å². The first-order chi connectivity index (χ1) is 7.67. The summed E-state index contributed by atoms with van der Waals surface area (Å²) in [6.07, 6.45) is 4.64. The molecule has 0 aliphatic heterocycles. The number of halogens is 1. The van der Waals surface area contributed by atoms with Crippen LogP contribution in [0.1, 0.15) is 44.2 Å². The van der Waals surface area contributed by atoms with Crippen LogP contribution in [0.15, 0.2) is 24.3 Å². The van der Waals surface area contributed by atoms with Gasteiger partial charge < -0.3 is 0 Å². The Balaban J connectivity index is 2.32. The molecule has 2 rings (SSSR count). The maximum absolute atomic E-state index is 13.8. The number of benzene rings is 1. The van der Waals surface area contributed by atoms with Gasteiger partial charge >= 0.3 is 0 Å². The smallest absolute Gasteiger partial charge is 0.128 e. The summed E-state index contributed by atoms with van der Waals surface area (Å²) in [5.74, 6) is 5.45. The normalized spacial score (nSPS) is 20.9. The molecule has 1 fully saturated rings. The molecule has 1 aromatic carbocycles. The Morgan fingerprint density at radius 1 is 1.31 bits per heavy atom. The highest BCUT2D eigenvalue weighted by molar-refractivity contribution is 5.23. The molecule has 1 saturated carbocycles. The summed E-state index contributed by atoms with van der Waals surface area (Å²) in [5, 5.41) is 0. The fraction of sp³-hybridized carbons (Fsp3) is 0.538. The lowest BCUT2D eigenvalue weighted by atomic mass is 9.77. The van der Waals surface area contributed by atoms with E-state index in [1.807, 2.05) is 12.1 Å². The van der Waals surface area contributed by atoms with Crippen molar-refractivity contribution in [2.75, 3.05) is 0 Å². The second-order valence-corrected chi connectivity index (χ2v) is 4.98. The zero-order valence-corrected chi connectivity index (χ0v) is 9.67. The Hall–Kier alpha value is -0.930. The van der Waals surface area contributed by atoms with Crippen molar-refractivity contribution in [1.82, 2.24) is 5.43 Å². The topological polar surface area (TPSA) is 38.0 Å². The summed E-state index contributed by atoms with van der Waals surface area (Å²) >= 11 is 0. The van der Waals surface area contributed by atoms with Gasteiger partial charge in [0.2, 0.25) is 0 Å². The van der Waals surface area contributed by atoms with Gasteiger partial charge in [-0.15, -0.1) is 0 Å². The zero-order valence-electron chi connectivity index (χ0n) is 9.67. The van der Waals surface area contributed by atoms with Gasteiger partial charge in [0.25, 0.3) is 0 Å². The minimum atomic E-state index is -0.168. The standard InChI is InChI=1S/C13H19FN2/c1-13(8-4-5-9-13)12(16-15)10-6-2-3-7-11(10)14/h2-3,6-7,12,16H,4-5,8-9,15H2,1H3. The summed E-state index contributed by atoms with van der Waals surface area (Å²) in [6, 6.07) is 6.81. The van der Waals surface area contributed by atoms with Crippen LogP contribution in [0.2, 0.25) is 0 Å². The number of hydrazine groups is 1. The van der Waals surface area contributed by atoms with Gasteiger partial charge in [0, 0.05) is 5.56 Å². The van der Waals surface area contributed by atoms with Gasteiger partial charge in [-0.2, -0.15) is 0 Å². The molecule has 0 amide bonds. The molecule has 0 spiro atoms. The Labute approximate surface area is 96.0 Å². The molecule has 1 atom stereocenters. The quantitative estimate of drug-likeness (QED) is 0.609. The first-order valence-corrected chi connectivity index (χ1v) is 5.88. The van der Waals surface area contributed by atoms with Crippen LogP contribution in [-0.4, -0.2) is 0 Å². The molecular formula is C13H19FN2. The van der Waals surface area contributed by atoms with Crippen molar-refractivity contribution in [3.8, 4) is 0 Å². The van der Waals surface area contributed by atoms with Crippen LogP contribution in [0.4, 0.5) is 4.39 Å². The summed E-state index contributed by atoms with van der Waals surface area (Å²) in [4.78, 5) is 0. The van der Waals surface area contributed by atoms with Gasteiger partial charge in [-0.05, 0) is 24.3 Å². The predicted octanol–water partition coefficient (Wildman–Crippen LogP) is 2.91. The van der Waals surface area contributed by atoms with Gasteiger partial charge in [0.05, 0.1) is 6.04 Å². The van der Waals surface area contributed by atoms with Gasteiger partial charge in [-0.1, -0.05) is 38.0 Å². The van der Waals surface area contributed by atoms with Gasteiger partial charge in [0.15, 0.2) is 0 Å². The summed E-state index contributed by atoms with van der Waals surface area (Å²) in [6.45, 7) is 2.19. The number of hydrogen-bond donors (Lipinski definition) is 2. The largest absolute Gasteiger partial charge is 0.271 e. The first-order valence-electron chi connectivity index (χ1n) is 5.88. The summed E-state index contributed by atoms with van der Waals surface area (Å²) < 4.78 is 13.8. The molecule has 16 heavy (non-hydrogen) atoms. The highest BCUT2D eigenvalue weighted by Crippen LogP contribution is 2.47.